The number of ether oxygens (including phenoxy) is 10. The molecule has 4 saturated heterocycles. The van der Waals surface area contributed by atoms with Crippen LogP contribution in [0.5, 0.6) is 0 Å². The lowest BCUT2D eigenvalue weighted by molar-refractivity contribution is -0.297. The predicted octanol–water partition coefficient (Wildman–Crippen LogP) is 0.00220. The molecule has 1 aromatic heterocycles. The number of hydrogen-bond acceptors (Lipinski definition) is 23. The van der Waals surface area contributed by atoms with E-state index in [9.17, 15) is 59.1 Å². The number of aliphatic hydroxyl groups is 4. The maximum Gasteiger partial charge on any atom is 0.330 e. The average molecular weight is 1160 g/mol. The number of aromatic amines is 1. The molecular weight excluding hydrogens is 1070 g/mol. The van der Waals surface area contributed by atoms with Gasteiger partial charge in [0.2, 0.25) is 12.2 Å². The number of allylic oxidation sites excluding steroid dienone is 2. The van der Waals surface area contributed by atoms with Crippen molar-refractivity contribution < 1.29 is 96.9 Å². The summed E-state index contributed by atoms with van der Waals surface area (Å²) in [4.78, 5) is 97.7. The molecule has 0 bridgehead atoms. The number of aromatic nitrogens is 2. The van der Waals surface area contributed by atoms with Gasteiger partial charge in [-0.15, -0.1) is 0 Å². The van der Waals surface area contributed by atoms with Crippen LogP contribution in [0.2, 0.25) is 0 Å². The zero-order valence-corrected chi connectivity index (χ0v) is 47.7. The van der Waals surface area contributed by atoms with E-state index in [1.807, 2.05) is 4.98 Å². The van der Waals surface area contributed by atoms with Gasteiger partial charge in [-0.1, -0.05) is 58.1 Å². The number of carboxylic acid groups (broad SMARTS) is 1. The predicted molar refractivity (Wildman–Crippen MR) is 284 cm³/mol. The molecule has 5 rings (SSSR count). The smallest absolute Gasteiger partial charge is 0.330 e. The summed E-state index contributed by atoms with van der Waals surface area (Å²) in [5, 5.41) is 55.2. The molecule has 0 aliphatic carbocycles. The third-order valence-corrected chi connectivity index (χ3v) is 15.3. The van der Waals surface area contributed by atoms with E-state index in [0.717, 1.165) is 54.5 Å². The van der Waals surface area contributed by atoms with Crippen molar-refractivity contribution >= 4 is 29.8 Å². The lowest BCUT2D eigenvalue weighted by Gasteiger charge is -2.43. The van der Waals surface area contributed by atoms with Gasteiger partial charge in [0.25, 0.3) is 5.56 Å². The van der Waals surface area contributed by atoms with Crippen LogP contribution in [0, 0.1) is 5.92 Å². The van der Waals surface area contributed by atoms with Crippen molar-refractivity contribution in [1.29, 1.82) is 0 Å². The average Bonchev–Trinajstić information content (AvgIpc) is 3.83. The second-order valence-corrected chi connectivity index (χ2v) is 21.4. The Bertz CT molecular complexity index is 2320. The number of hydrogen-bond donors (Lipinski definition) is 7. The molecule has 19 unspecified atom stereocenters. The molecule has 0 aromatic carbocycles. The molecule has 27 nitrogen and oxygen atoms in total. The standard InChI is InChI=1S/C54H87N5O22/c1-9-10-11-12-13-14-15-16-17-18-19-20-21-31(76-35(61)24-29(2)25-36(62)79-53-48(74-8)47(73-7)44(72-6)30(3)75-53)26-37(63)77-33-28-57(4)39(49(68)58(5)38(33)51(69)70)45(81-52-43(67)40(64)32(27-55)78-52)46-41(65)42(66)50(80-46)59-23-22-34(60)56-54(59)71/h16-17,22-23,29-33,38-48,50,52-53,64-67H,9-15,18-21,24-28,55H2,1-8H3,(H,69,70)(H,56,60,71). The van der Waals surface area contributed by atoms with Crippen molar-refractivity contribution in [2.45, 2.75) is 221 Å². The van der Waals surface area contributed by atoms with Crippen molar-refractivity contribution in [2.75, 3.05) is 48.5 Å². The van der Waals surface area contributed by atoms with E-state index in [0.29, 0.717) is 12.8 Å². The number of unbranched alkanes of at least 4 members (excludes halogenated alkanes) is 8. The first-order chi connectivity index (χ1) is 38.6. The lowest BCUT2D eigenvalue weighted by Crippen LogP contribution is -2.59. The minimum absolute atomic E-state index is 0.199. The molecule has 0 spiro atoms. The number of aliphatic hydroxyl groups excluding tert-OH is 4. The fourth-order valence-electron chi connectivity index (χ4n) is 10.9. The number of likely N-dealkylation sites (N-methyl/N-ethyl adjacent to an activating group) is 2. The largest absolute Gasteiger partial charge is 0.480 e. The summed E-state index contributed by atoms with van der Waals surface area (Å²) in [6.45, 7) is 4.76. The molecule has 1 amide bonds. The second kappa shape index (κ2) is 32.3. The van der Waals surface area contributed by atoms with Crippen LogP contribution >= 0.6 is 0 Å². The van der Waals surface area contributed by atoms with Gasteiger partial charge >= 0.3 is 29.6 Å². The van der Waals surface area contributed by atoms with Crippen molar-refractivity contribution in [3.63, 3.8) is 0 Å². The topological polar surface area (TPSA) is 366 Å². The number of methoxy groups -OCH3 is 3. The number of amides is 1. The summed E-state index contributed by atoms with van der Waals surface area (Å²) in [5.74, 6) is -5.62. The van der Waals surface area contributed by atoms with Gasteiger partial charge in [-0.25, -0.2) is 9.59 Å². The summed E-state index contributed by atoms with van der Waals surface area (Å²) in [7, 11) is 6.86. The molecule has 0 radical (unpaired) electrons. The van der Waals surface area contributed by atoms with Crippen molar-refractivity contribution in [1.82, 2.24) is 19.4 Å². The highest BCUT2D eigenvalue weighted by atomic mass is 16.7. The molecule has 460 valence electrons. The van der Waals surface area contributed by atoms with Gasteiger partial charge < -0.3 is 83.5 Å². The third-order valence-electron chi connectivity index (χ3n) is 15.3. The second-order valence-electron chi connectivity index (χ2n) is 21.4. The molecule has 81 heavy (non-hydrogen) atoms. The Hall–Kier alpha value is -4.75. The monoisotopic (exact) mass is 1160 g/mol. The van der Waals surface area contributed by atoms with Crippen LogP contribution in [0.3, 0.4) is 0 Å². The summed E-state index contributed by atoms with van der Waals surface area (Å²) in [5.41, 5.74) is 3.94. The first kappa shape index (κ1) is 67.0. The van der Waals surface area contributed by atoms with Crippen LogP contribution in [0.15, 0.2) is 34.0 Å². The van der Waals surface area contributed by atoms with Gasteiger partial charge in [0.15, 0.2) is 18.6 Å². The number of rotatable bonds is 31. The Morgan fingerprint density at radius 1 is 0.778 bits per heavy atom. The fourth-order valence-corrected chi connectivity index (χ4v) is 10.9. The minimum atomic E-state index is -1.97. The highest BCUT2D eigenvalue weighted by Gasteiger charge is 2.57. The molecule has 4 fully saturated rings. The fraction of sp³-hybridized carbons (Fsp3) is 0.796. The molecule has 19 atom stereocenters. The summed E-state index contributed by atoms with van der Waals surface area (Å²) in [6.07, 6.45) is -7.47. The number of nitrogens with one attached hydrogen (secondary N) is 1. The summed E-state index contributed by atoms with van der Waals surface area (Å²) >= 11 is 0. The molecule has 4 aliphatic rings. The SMILES string of the molecule is CCCCCCCCC=CCCCCC(CC(=O)OC1CN(C)C(C(OC2OC(CN)C(O)C2O)C2OC(n3ccc(=O)[nH]c3=O)C(O)C2O)C(=O)N(C)C1C(=O)O)OC(=O)CC(C)CC(=O)OC1OC(C)C(OC)C(OC)C1OC. The molecule has 1 aromatic rings. The van der Waals surface area contributed by atoms with E-state index in [2.05, 4.69) is 19.1 Å². The first-order valence-corrected chi connectivity index (χ1v) is 28.0. The van der Waals surface area contributed by atoms with Gasteiger partial charge in [-0.05, 0) is 58.4 Å². The van der Waals surface area contributed by atoms with E-state index in [-0.39, 0.29) is 25.8 Å². The van der Waals surface area contributed by atoms with E-state index >= 15 is 0 Å². The number of carbonyl (C=O) groups is 5. The van der Waals surface area contributed by atoms with Gasteiger partial charge in [-0.3, -0.25) is 38.4 Å². The van der Waals surface area contributed by atoms with Crippen LogP contribution < -0.4 is 17.0 Å². The van der Waals surface area contributed by atoms with Crippen LogP contribution in [0.1, 0.15) is 117 Å². The van der Waals surface area contributed by atoms with Crippen LogP contribution in [-0.4, -0.2) is 227 Å². The zero-order chi connectivity index (χ0) is 59.7. The van der Waals surface area contributed by atoms with E-state index in [1.165, 1.54) is 59.0 Å². The Labute approximate surface area is 471 Å². The number of nitrogens with zero attached hydrogens (tertiary/aromatic N) is 3. The molecule has 4 aliphatic heterocycles. The maximum atomic E-state index is 14.7. The van der Waals surface area contributed by atoms with Gasteiger partial charge in [0, 0.05) is 66.6 Å². The quantitative estimate of drug-likeness (QED) is 0.0223. The van der Waals surface area contributed by atoms with Crippen molar-refractivity contribution in [3.05, 3.63) is 45.3 Å². The van der Waals surface area contributed by atoms with E-state index < -0.39 is 170 Å². The van der Waals surface area contributed by atoms with Gasteiger partial charge in [0.1, 0.15) is 79.3 Å². The highest BCUT2D eigenvalue weighted by Crippen LogP contribution is 2.37. The van der Waals surface area contributed by atoms with E-state index in [1.54, 1.807) is 13.8 Å². The zero-order valence-electron chi connectivity index (χ0n) is 47.7. The number of H-pyrrole nitrogens is 1. The van der Waals surface area contributed by atoms with Crippen LogP contribution in [0.25, 0.3) is 0 Å². The Morgan fingerprint density at radius 3 is 2.02 bits per heavy atom. The van der Waals surface area contributed by atoms with Gasteiger partial charge in [0.05, 0.1) is 12.5 Å². The summed E-state index contributed by atoms with van der Waals surface area (Å²) in [6, 6.07) is -2.62. The number of carboxylic acids is 1. The number of carbonyl (C=O) groups excluding carboxylic acids is 4. The number of esters is 3. The van der Waals surface area contributed by atoms with E-state index in [4.69, 9.17) is 53.1 Å². The van der Waals surface area contributed by atoms with Crippen LogP contribution in [0.4, 0.5) is 0 Å². The molecule has 5 heterocycles. The Kier molecular flexibility index (Phi) is 26.8. The normalized spacial score (nSPS) is 32.1. The Morgan fingerprint density at radius 2 is 1.41 bits per heavy atom. The summed E-state index contributed by atoms with van der Waals surface area (Å²) < 4.78 is 58.8. The van der Waals surface area contributed by atoms with Crippen molar-refractivity contribution in [2.24, 2.45) is 11.7 Å². The molecular formula is C54H87N5O22. The van der Waals surface area contributed by atoms with Gasteiger partial charge in [-0.2, -0.15) is 0 Å². The lowest BCUT2D eigenvalue weighted by atomic mass is 9.97. The number of nitrogens with two attached hydrogens (primary N) is 1. The molecule has 27 heteroatoms. The number of aliphatic carboxylic acids is 1. The van der Waals surface area contributed by atoms with Crippen LogP contribution in [-0.2, 0) is 71.3 Å². The Balaban J connectivity index is 1.33. The highest BCUT2D eigenvalue weighted by molar-refractivity contribution is 5.88. The molecule has 8 N–H and O–H groups in total. The first-order valence-electron chi connectivity index (χ1n) is 28.0. The maximum absolute atomic E-state index is 14.7. The molecule has 0 saturated carbocycles. The van der Waals surface area contributed by atoms with Crippen molar-refractivity contribution in [3.8, 4) is 0 Å². The third kappa shape index (κ3) is 17.9. The minimum Gasteiger partial charge on any atom is -0.480 e.